The number of aryl methyl sites for hydroxylation is 2. The highest BCUT2D eigenvalue weighted by Crippen LogP contribution is 2.27. The molecule has 30 heavy (non-hydrogen) atoms. The van der Waals surface area contributed by atoms with Crippen LogP contribution >= 0.6 is 0 Å². The Kier molecular flexibility index (Phi) is 6.18. The molecule has 0 atom stereocenters. The summed E-state index contributed by atoms with van der Waals surface area (Å²) in [6.07, 6.45) is -4.44. The van der Waals surface area contributed by atoms with Gasteiger partial charge in [-0.1, -0.05) is 0 Å². The molecule has 7 nitrogen and oxygen atoms in total. The highest BCUT2D eigenvalue weighted by molar-refractivity contribution is 5.69. The fourth-order valence-electron chi connectivity index (χ4n) is 2.84. The van der Waals surface area contributed by atoms with Crippen LogP contribution in [0.4, 0.5) is 17.6 Å². The van der Waals surface area contributed by atoms with E-state index in [2.05, 4.69) is 15.1 Å². The van der Waals surface area contributed by atoms with E-state index in [9.17, 15) is 22.4 Å². The third kappa shape index (κ3) is 5.02. The van der Waals surface area contributed by atoms with Crippen molar-refractivity contribution < 1.29 is 31.8 Å². The van der Waals surface area contributed by atoms with E-state index in [-0.39, 0.29) is 37.7 Å². The minimum atomic E-state index is -4.67. The number of ether oxygens (including phenoxy) is 2. The number of benzene rings is 1. The van der Waals surface area contributed by atoms with Crippen molar-refractivity contribution in [1.29, 1.82) is 0 Å². The Morgan fingerprint density at radius 3 is 2.47 bits per heavy atom. The van der Waals surface area contributed by atoms with Gasteiger partial charge in [-0.05, 0) is 50.1 Å². The number of nitrogens with zero attached hydrogens (tertiary/aromatic N) is 4. The normalized spacial score (nSPS) is 11.7. The Morgan fingerprint density at radius 2 is 1.80 bits per heavy atom. The molecular formula is C19H18F4N4O3. The first-order valence-electron chi connectivity index (χ1n) is 8.99. The number of hydrogen-bond donors (Lipinski definition) is 0. The lowest BCUT2D eigenvalue weighted by molar-refractivity contribution is -0.145. The molecule has 0 N–H and O–H groups in total. The monoisotopic (exact) mass is 426 g/mol. The molecule has 160 valence electrons. The smallest absolute Gasteiger partial charge is 0.453 e. The summed E-state index contributed by atoms with van der Waals surface area (Å²) in [7, 11) is 0. The quantitative estimate of drug-likeness (QED) is 0.327. The summed E-state index contributed by atoms with van der Waals surface area (Å²) >= 11 is 0. The zero-order valence-corrected chi connectivity index (χ0v) is 16.2. The van der Waals surface area contributed by atoms with Crippen molar-refractivity contribution in [1.82, 2.24) is 19.6 Å². The summed E-state index contributed by atoms with van der Waals surface area (Å²) in [6.45, 7) is 3.32. The summed E-state index contributed by atoms with van der Waals surface area (Å²) in [5.41, 5.74) is 1.49. The molecule has 2 aromatic heterocycles. The molecule has 0 saturated carbocycles. The number of carbonyl (C=O) groups excluding carboxylic acids is 1. The van der Waals surface area contributed by atoms with Crippen molar-refractivity contribution in [3.63, 3.8) is 0 Å². The van der Waals surface area contributed by atoms with Crippen molar-refractivity contribution in [2.24, 2.45) is 0 Å². The van der Waals surface area contributed by atoms with E-state index in [0.29, 0.717) is 22.7 Å². The Balaban J connectivity index is 1.55. The summed E-state index contributed by atoms with van der Waals surface area (Å²) in [4.78, 5) is 19.4. The molecule has 0 fully saturated rings. The van der Waals surface area contributed by atoms with Crippen molar-refractivity contribution >= 4 is 11.7 Å². The fraction of sp³-hybridized carbons (Fsp3) is 0.368. The van der Waals surface area contributed by atoms with Gasteiger partial charge in [0.2, 0.25) is 0 Å². The lowest BCUT2D eigenvalue weighted by Gasteiger charge is -2.10. The van der Waals surface area contributed by atoms with Crippen molar-refractivity contribution in [3.8, 4) is 5.75 Å². The van der Waals surface area contributed by atoms with Crippen LogP contribution in [0.3, 0.4) is 0 Å². The van der Waals surface area contributed by atoms with E-state index in [1.54, 1.807) is 13.8 Å². The van der Waals surface area contributed by atoms with Crippen LogP contribution in [0.25, 0.3) is 5.78 Å². The SMILES string of the molecule is Cc1nc2nc(C(F)(F)F)nn2c(C)c1CCC(=O)OCCOc1ccc(F)cc1. The van der Waals surface area contributed by atoms with Crippen LogP contribution in [0.1, 0.15) is 29.2 Å². The zero-order valence-electron chi connectivity index (χ0n) is 16.2. The van der Waals surface area contributed by atoms with Gasteiger partial charge in [0.05, 0.1) is 0 Å². The van der Waals surface area contributed by atoms with Gasteiger partial charge in [-0.15, -0.1) is 5.10 Å². The first-order chi connectivity index (χ1) is 14.1. The third-order valence-electron chi connectivity index (χ3n) is 4.31. The Bertz CT molecular complexity index is 1050. The van der Waals surface area contributed by atoms with Crippen LogP contribution in [0.15, 0.2) is 24.3 Å². The van der Waals surface area contributed by atoms with Crippen LogP contribution < -0.4 is 4.74 Å². The van der Waals surface area contributed by atoms with Crippen LogP contribution in [-0.2, 0) is 22.1 Å². The van der Waals surface area contributed by atoms with Gasteiger partial charge in [0.25, 0.3) is 11.6 Å². The topological polar surface area (TPSA) is 78.6 Å². The second-order valence-corrected chi connectivity index (χ2v) is 6.43. The van der Waals surface area contributed by atoms with Crippen molar-refractivity contribution in [2.45, 2.75) is 32.9 Å². The van der Waals surface area contributed by atoms with Crippen molar-refractivity contribution in [3.05, 3.63) is 52.9 Å². The van der Waals surface area contributed by atoms with Gasteiger partial charge in [0, 0.05) is 17.8 Å². The van der Waals surface area contributed by atoms with Gasteiger partial charge < -0.3 is 9.47 Å². The number of carbonyl (C=O) groups is 1. The lowest BCUT2D eigenvalue weighted by Crippen LogP contribution is -2.14. The molecule has 0 radical (unpaired) electrons. The lowest BCUT2D eigenvalue weighted by atomic mass is 10.1. The molecule has 0 aliphatic heterocycles. The molecule has 0 aliphatic carbocycles. The molecule has 0 unspecified atom stereocenters. The molecule has 0 saturated heterocycles. The number of fused-ring (bicyclic) bond motifs is 1. The highest BCUT2D eigenvalue weighted by atomic mass is 19.4. The zero-order chi connectivity index (χ0) is 21.9. The van der Waals surface area contributed by atoms with Gasteiger partial charge in [-0.2, -0.15) is 18.2 Å². The number of hydrogen-bond acceptors (Lipinski definition) is 6. The van der Waals surface area contributed by atoms with Gasteiger partial charge in [0.1, 0.15) is 24.8 Å². The average Bonchev–Trinajstić information content (AvgIpc) is 3.11. The van der Waals surface area contributed by atoms with E-state index in [1.165, 1.54) is 24.3 Å². The maximum absolute atomic E-state index is 12.8. The van der Waals surface area contributed by atoms with E-state index < -0.39 is 18.0 Å². The van der Waals surface area contributed by atoms with Crippen molar-refractivity contribution in [2.75, 3.05) is 13.2 Å². The molecule has 0 spiro atoms. The van der Waals surface area contributed by atoms with E-state index >= 15 is 0 Å². The van der Waals surface area contributed by atoms with E-state index in [4.69, 9.17) is 9.47 Å². The molecule has 0 aliphatic rings. The fourth-order valence-corrected chi connectivity index (χ4v) is 2.84. The van der Waals surface area contributed by atoms with E-state index in [1.807, 2.05) is 0 Å². The maximum Gasteiger partial charge on any atom is 0.453 e. The Hall–Kier alpha value is -3.24. The number of esters is 1. The molecule has 0 amide bonds. The first-order valence-corrected chi connectivity index (χ1v) is 8.99. The molecule has 11 heteroatoms. The van der Waals surface area contributed by atoms with Crippen LogP contribution in [0.5, 0.6) is 5.75 Å². The number of rotatable bonds is 7. The summed E-state index contributed by atoms with van der Waals surface area (Å²) < 4.78 is 62.7. The number of halogens is 4. The first kappa shape index (κ1) is 21.5. The minimum absolute atomic E-state index is 0.00345. The van der Waals surface area contributed by atoms with E-state index in [0.717, 1.165) is 4.52 Å². The largest absolute Gasteiger partial charge is 0.490 e. The van der Waals surface area contributed by atoms with Gasteiger partial charge >= 0.3 is 12.1 Å². The van der Waals surface area contributed by atoms with Gasteiger partial charge in [0.15, 0.2) is 0 Å². The number of aromatic nitrogens is 4. The van der Waals surface area contributed by atoms with Crippen LogP contribution in [0, 0.1) is 19.7 Å². The number of alkyl halides is 3. The predicted octanol–water partition coefficient (Wildman–Crippen LogP) is 3.45. The van der Waals surface area contributed by atoms with Gasteiger partial charge in [-0.3, -0.25) is 4.79 Å². The Morgan fingerprint density at radius 1 is 1.10 bits per heavy atom. The summed E-state index contributed by atoms with van der Waals surface area (Å²) in [5.74, 6) is -1.85. The summed E-state index contributed by atoms with van der Waals surface area (Å²) in [6, 6.07) is 5.42. The predicted molar refractivity (Wildman–Crippen MR) is 96.4 cm³/mol. The molecular weight excluding hydrogens is 408 g/mol. The van der Waals surface area contributed by atoms with Crippen LogP contribution in [-0.4, -0.2) is 38.8 Å². The standard InChI is InChI=1S/C19H18F4N4O3/c1-11-15(12(2)27-18(24-11)25-17(26-27)19(21,22)23)7-8-16(28)30-10-9-29-14-5-3-13(20)4-6-14/h3-6H,7-10H2,1-2H3. The second-order valence-electron chi connectivity index (χ2n) is 6.43. The molecule has 3 aromatic rings. The molecule has 0 bridgehead atoms. The Labute approximate surface area is 168 Å². The van der Waals surface area contributed by atoms with Crippen LogP contribution in [0.2, 0.25) is 0 Å². The molecule has 1 aromatic carbocycles. The average molecular weight is 426 g/mol. The maximum atomic E-state index is 12.8. The van der Waals surface area contributed by atoms with Gasteiger partial charge in [-0.25, -0.2) is 13.9 Å². The minimum Gasteiger partial charge on any atom is -0.490 e. The molecule has 2 heterocycles. The highest BCUT2D eigenvalue weighted by Gasteiger charge is 2.36. The third-order valence-corrected chi connectivity index (χ3v) is 4.31. The summed E-state index contributed by atoms with van der Waals surface area (Å²) in [5, 5.41) is 3.47. The molecule has 3 rings (SSSR count). The second kappa shape index (κ2) is 8.64.